The first kappa shape index (κ1) is 18.7. The average molecular weight is 366 g/mol. The summed E-state index contributed by atoms with van der Waals surface area (Å²) in [6.45, 7) is 1.86. The lowest BCUT2D eigenvalue weighted by atomic mass is 10.1. The van der Waals surface area contributed by atoms with Gasteiger partial charge in [-0.05, 0) is 17.8 Å². The monoisotopic (exact) mass is 366 g/mol. The molecule has 1 heterocycles. The molecule has 1 N–H and O–H groups in total. The number of aliphatic carboxylic acids is 1. The Hall–Kier alpha value is -2.68. The maximum Gasteiger partial charge on any atom is 0.342 e. The van der Waals surface area contributed by atoms with Crippen molar-refractivity contribution in [2.45, 2.75) is 18.6 Å². The molecule has 0 radical (unpaired) electrons. The van der Waals surface area contributed by atoms with Gasteiger partial charge in [0.2, 0.25) is 5.89 Å². The molecule has 2 aromatic rings. The number of ether oxygens (including phenoxy) is 3. The molecule has 2 rings (SSSR count). The zero-order valence-electron chi connectivity index (χ0n) is 14.2. The Labute approximate surface area is 148 Å². The van der Waals surface area contributed by atoms with Gasteiger partial charge in [0.15, 0.2) is 0 Å². The predicted molar refractivity (Wildman–Crippen MR) is 91.2 cm³/mol. The number of aryl methyl sites for hydroxylation is 1. The molecule has 0 amide bonds. The second-order valence-electron chi connectivity index (χ2n) is 4.68. The summed E-state index contributed by atoms with van der Waals surface area (Å²) < 4.78 is 21.2. The van der Waals surface area contributed by atoms with Crippen LogP contribution in [0.5, 0.6) is 17.2 Å². The van der Waals surface area contributed by atoms with Crippen molar-refractivity contribution in [1.29, 1.82) is 0 Å². The lowest BCUT2D eigenvalue weighted by Crippen LogP contribution is -1.99. The van der Waals surface area contributed by atoms with Gasteiger partial charge in [-0.15, -0.1) is 10.2 Å². The number of carboxylic acids is 1. The molecule has 0 atom stereocenters. The number of methoxy groups -OCH3 is 3. The number of nitrogens with zero attached hydrogens (tertiary/aromatic N) is 2. The third-order valence-electron chi connectivity index (χ3n) is 3.19. The van der Waals surface area contributed by atoms with Crippen molar-refractivity contribution in [3.05, 3.63) is 28.5 Å². The van der Waals surface area contributed by atoms with Crippen molar-refractivity contribution in [1.82, 2.24) is 10.2 Å². The molecule has 25 heavy (non-hydrogen) atoms. The smallest absolute Gasteiger partial charge is 0.342 e. The average Bonchev–Trinajstić information content (AvgIpc) is 3.08. The van der Waals surface area contributed by atoms with E-state index in [2.05, 4.69) is 10.2 Å². The Morgan fingerprint density at radius 1 is 1.20 bits per heavy atom. The fraction of sp³-hybridized carbons (Fsp3) is 0.312. The predicted octanol–water partition coefficient (Wildman–Crippen LogP) is 2.88. The van der Waals surface area contributed by atoms with Crippen LogP contribution in [0.15, 0.2) is 26.7 Å². The van der Waals surface area contributed by atoms with E-state index in [1.165, 1.54) is 27.4 Å². The van der Waals surface area contributed by atoms with E-state index in [4.69, 9.17) is 18.6 Å². The number of hydrogen-bond acceptors (Lipinski definition) is 8. The van der Waals surface area contributed by atoms with E-state index in [1.807, 2.05) is 6.92 Å². The molecular weight excluding hydrogens is 348 g/mol. The third-order valence-corrected chi connectivity index (χ3v) is 4.04. The van der Waals surface area contributed by atoms with Crippen LogP contribution in [0.2, 0.25) is 0 Å². The standard InChI is InChI=1S/C16H18N2O6S/c1-5-14-17-18-16(24-14)25-13(15(19)20)8-10-11(22-3)6-9(21-2)7-12(10)23-4/h6-8H,5H2,1-4H3,(H,19,20)/b13-8-. The Kier molecular flexibility index (Phi) is 6.29. The van der Waals surface area contributed by atoms with Gasteiger partial charge in [0, 0.05) is 18.6 Å². The first-order valence-corrected chi connectivity index (χ1v) is 8.09. The lowest BCUT2D eigenvalue weighted by Gasteiger charge is -2.13. The number of carbonyl (C=O) groups is 1. The van der Waals surface area contributed by atoms with E-state index in [1.54, 1.807) is 12.1 Å². The molecule has 9 heteroatoms. The summed E-state index contributed by atoms with van der Waals surface area (Å²) in [5, 5.41) is 17.3. The van der Waals surface area contributed by atoms with E-state index in [9.17, 15) is 9.90 Å². The van der Waals surface area contributed by atoms with Gasteiger partial charge in [0.05, 0.1) is 26.9 Å². The minimum Gasteiger partial charge on any atom is -0.496 e. The SMILES string of the molecule is CCc1nnc(S/C(=C\c2c(OC)cc(OC)cc2OC)C(=O)O)o1. The van der Waals surface area contributed by atoms with Crippen molar-refractivity contribution in [3.8, 4) is 17.2 Å². The van der Waals surface area contributed by atoms with Crippen molar-refractivity contribution < 1.29 is 28.5 Å². The number of hydrogen-bond donors (Lipinski definition) is 1. The number of benzene rings is 1. The minimum absolute atomic E-state index is 0.0203. The number of thioether (sulfide) groups is 1. The minimum atomic E-state index is -1.14. The van der Waals surface area contributed by atoms with Crippen LogP contribution in [-0.4, -0.2) is 42.6 Å². The summed E-state index contributed by atoms with van der Waals surface area (Å²) in [6, 6.07) is 3.28. The molecule has 0 aliphatic rings. The summed E-state index contributed by atoms with van der Waals surface area (Å²) in [5.74, 6) is 0.651. The van der Waals surface area contributed by atoms with Gasteiger partial charge >= 0.3 is 5.97 Å². The van der Waals surface area contributed by atoms with E-state index in [-0.39, 0.29) is 10.1 Å². The third kappa shape index (κ3) is 4.44. The molecule has 8 nitrogen and oxygen atoms in total. The highest BCUT2D eigenvalue weighted by atomic mass is 32.2. The Balaban J connectivity index is 2.47. The fourth-order valence-electron chi connectivity index (χ4n) is 1.96. The van der Waals surface area contributed by atoms with Crippen LogP contribution in [0.1, 0.15) is 18.4 Å². The Morgan fingerprint density at radius 2 is 1.84 bits per heavy atom. The zero-order valence-corrected chi connectivity index (χ0v) is 15.0. The van der Waals surface area contributed by atoms with Gasteiger partial charge in [0.1, 0.15) is 22.2 Å². The van der Waals surface area contributed by atoms with Gasteiger partial charge in [0.25, 0.3) is 5.22 Å². The molecule has 134 valence electrons. The molecule has 0 saturated carbocycles. The van der Waals surface area contributed by atoms with Gasteiger partial charge in [-0.3, -0.25) is 0 Å². The summed E-state index contributed by atoms with van der Waals surface area (Å²) in [6.07, 6.45) is 2.00. The second-order valence-corrected chi connectivity index (χ2v) is 5.67. The summed E-state index contributed by atoms with van der Waals surface area (Å²) >= 11 is 0.855. The van der Waals surface area contributed by atoms with E-state index in [0.29, 0.717) is 35.1 Å². The first-order valence-electron chi connectivity index (χ1n) is 7.27. The molecule has 0 saturated heterocycles. The van der Waals surface area contributed by atoms with E-state index in [0.717, 1.165) is 11.8 Å². The Morgan fingerprint density at radius 3 is 2.28 bits per heavy atom. The van der Waals surface area contributed by atoms with Crippen LogP contribution in [0.25, 0.3) is 6.08 Å². The summed E-state index contributed by atoms with van der Waals surface area (Å²) in [4.78, 5) is 11.6. The molecule has 0 aliphatic carbocycles. The molecule has 0 unspecified atom stereocenters. The molecule has 1 aromatic carbocycles. The second kappa shape index (κ2) is 8.43. The summed E-state index contributed by atoms with van der Waals surface area (Å²) in [5.41, 5.74) is 0.464. The largest absolute Gasteiger partial charge is 0.496 e. The number of aromatic nitrogens is 2. The van der Waals surface area contributed by atoms with Gasteiger partial charge in [-0.2, -0.15) is 0 Å². The van der Waals surface area contributed by atoms with E-state index >= 15 is 0 Å². The van der Waals surface area contributed by atoms with Crippen molar-refractivity contribution in [2.24, 2.45) is 0 Å². The Bertz CT molecular complexity index is 762. The highest BCUT2D eigenvalue weighted by Gasteiger charge is 2.18. The van der Waals surface area contributed by atoms with Crippen LogP contribution in [0.3, 0.4) is 0 Å². The van der Waals surface area contributed by atoms with Crippen LogP contribution in [-0.2, 0) is 11.2 Å². The van der Waals surface area contributed by atoms with Gasteiger partial charge < -0.3 is 23.7 Å². The van der Waals surface area contributed by atoms with Crippen LogP contribution < -0.4 is 14.2 Å². The normalized spacial score (nSPS) is 11.3. The first-order chi connectivity index (χ1) is 12.0. The van der Waals surface area contributed by atoms with Gasteiger partial charge in [-0.25, -0.2) is 4.79 Å². The number of rotatable bonds is 8. The molecular formula is C16H18N2O6S. The molecule has 1 aromatic heterocycles. The highest BCUT2D eigenvalue weighted by Crippen LogP contribution is 2.38. The molecule has 0 spiro atoms. The van der Waals surface area contributed by atoms with Crippen molar-refractivity contribution >= 4 is 23.8 Å². The van der Waals surface area contributed by atoms with Crippen molar-refractivity contribution in [2.75, 3.05) is 21.3 Å². The fourth-order valence-corrected chi connectivity index (χ4v) is 2.63. The maximum atomic E-state index is 11.6. The van der Waals surface area contributed by atoms with Crippen LogP contribution in [0.4, 0.5) is 0 Å². The van der Waals surface area contributed by atoms with Crippen LogP contribution >= 0.6 is 11.8 Å². The molecule has 0 bridgehead atoms. The van der Waals surface area contributed by atoms with Crippen LogP contribution in [0, 0.1) is 0 Å². The van der Waals surface area contributed by atoms with E-state index < -0.39 is 5.97 Å². The molecule has 0 fully saturated rings. The van der Waals surface area contributed by atoms with Gasteiger partial charge in [-0.1, -0.05) is 6.92 Å². The quantitative estimate of drug-likeness (QED) is 0.558. The van der Waals surface area contributed by atoms with Crippen molar-refractivity contribution in [3.63, 3.8) is 0 Å². The number of carboxylic acid groups (broad SMARTS) is 1. The lowest BCUT2D eigenvalue weighted by molar-refractivity contribution is -0.131. The zero-order chi connectivity index (χ0) is 18.4. The topological polar surface area (TPSA) is 104 Å². The summed E-state index contributed by atoms with van der Waals surface area (Å²) in [7, 11) is 4.47. The molecule has 0 aliphatic heterocycles. The maximum absolute atomic E-state index is 11.6. The highest BCUT2D eigenvalue weighted by molar-refractivity contribution is 8.03.